The van der Waals surface area contributed by atoms with Crippen LogP contribution in [0.2, 0.25) is 0 Å². The van der Waals surface area contributed by atoms with E-state index in [9.17, 15) is 0 Å². The van der Waals surface area contributed by atoms with Crippen molar-refractivity contribution < 1.29 is 0 Å². The van der Waals surface area contributed by atoms with Crippen LogP contribution in [0.25, 0.3) is 10.8 Å². The fourth-order valence-electron chi connectivity index (χ4n) is 3.33. The molecule has 1 unspecified atom stereocenters. The van der Waals surface area contributed by atoms with Gasteiger partial charge in [0.25, 0.3) is 0 Å². The highest BCUT2D eigenvalue weighted by atomic mass is 15.2. The summed E-state index contributed by atoms with van der Waals surface area (Å²) in [6.45, 7) is 2.04. The minimum Gasteiger partial charge on any atom is -0.285 e. The molecule has 22 heavy (non-hydrogen) atoms. The van der Waals surface area contributed by atoms with Gasteiger partial charge in [0.15, 0.2) is 0 Å². The van der Waals surface area contributed by atoms with E-state index in [1.165, 1.54) is 21.9 Å². The van der Waals surface area contributed by atoms with Crippen molar-refractivity contribution in [2.45, 2.75) is 6.04 Å². The van der Waals surface area contributed by atoms with E-state index >= 15 is 0 Å². The maximum Gasteiger partial charge on any atom is 0.0607 e. The van der Waals surface area contributed by atoms with Gasteiger partial charge in [0.2, 0.25) is 0 Å². The minimum atomic E-state index is 0.320. The first-order valence-electron chi connectivity index (χ1n) is 7.84. The number of benzene rings is 3. The summed E-state index contributed by atoms with van der Waals surface area (Å²) in [5.41, 5.74) is 2.73. The molecule has 0 radical (unpaired) electrons. The van der Waals surface area contributed by atoms with Gasteiger partial charge >= 0.3 is 0 Å². The van der Waals surface area contributed by atoms with Gasteiger partial charge in [-0.15, -0.1) is 0 Å². The lowest BCUT2D eigenvalue weighted by molar-refractivity contribution is 0.293. The lowest BCUT2D eigenvalue weighted by atomic mass is 9.95. The molecule has 0 spiro atoms. The molecule has 1 atom stereocenters. The summed E-state index contributed by atoms with van der Waals surface area (Å²) >= 11 is 0. The molecule has 0 bridgehead atoms. The molecule has 1 heterocycles. The van der Waals surface area contributed by atoms with Crippen LogP contribution in [0.3, 0.4) is 0 Å². The SMILES string of the molecule is C1=CCN(C(c2ccccc2)c2ccc3ccccc3c2)C1. The Morgan fingerprint density at radius 2 is 1.32 bits per heavy atom. The Hall–Kier alpha value is -2.38. The molecule has 1 heteroatoms. The highest BCUT2D eigenvalue weighted by molar-refractivity contribution is 5.83. The van der Waals surface area contributed by atoms with Crippen LogP contribution in [-0.2, 0) is 0 Å². The maximum absolute atomic E-state index is 2.51. The van der Waals surface area contributed by atoms with Gasteiger partial charge in [-0.3, -0.25) is 4.90 Å². The van der Waals surface area contributed by atoms with Crippen molar-refractivity contribution in [3.05, 3.63) is 96.1 Å². The van der Waals surface area contributed by atoms with Gasteiger partial charge in [0.05, 0.1) is 6.04 Å². The van der Waals surface area contributed by atoms with Gasteiger partial charge < -0.3 is 0 Å². The Labute approximate surface area is 131 Å². The lowest BCUT2D eigenvalue weighted by Crippen LogP contribution is -2.27. The summed E-state index contributed by atoms with van der Waals surface area (Å²) in [6.07, 6.45) is 4.52. The van der Waals surface area contributed by atoms with Crippen molar-refractivity contribution in [2.24, 2.45) is 0 Å². The van der Waals surface area contributed by atoms with Crippen molar-refractivity contribution in [1.29, 1.82) is 0 Å². The molecule has 0 N–H and O–H groups in total. The zero-order chi connectivity index (χ0) is 14.8. The van der Waals surface area contributed by atoms with Gasteiger partial charge in [-0.1, -0.05) is 78.9 Å². The molecule has 4 rings (SSSR count). The van der Waals surface area contributed by atoms with E-state index < -0.39 is 0 Å². The first kappa shape index (κ1) is 13.3. The molecule has 0 amide bonds. The van der Waals surface area contributed by atoms with E-state index in [0.29, 0.717) is 6.04 Å². The van der Waals surface area contributed by atoms with E-state index in [-0.39, 0.29) is 0 Å². The Bertz CT molecular complexity index is 796. The second-order valence-electron chi connectivity index (χ2n) is 5.85. The predicted octanol–water partition coefficient (Wildman–Crippen LogP) is 4.80. The number of hydrogen-bond donors (Lipinski definition) is 0. The van der Waals surface area contributed by atoms with E-state index in [1.807, 2.05) is 0 Å². The fraction of sp³-hybridized carbons (Fsp3) is 0.143. The zero-order valence-corrected chi connectivity index (χ0v) is 12.5. The first-order chi connectivity index (χ1) is 10.9. The quantitative estimate of drug-likeness (QED) is 0.625. The molecule has 0 aliphatic carbocycles. The standard InChI is InChI=1S/C21H19N/c1-2-9-18(10-3-1)21(22-14-6-7-15-22)20-13-12-17-8-4-5-11-19(17)16-20/h1-13,16,21H,14-15H2. The highest BCUT2D eigenvalue weighted by Crippen LogP contribution is 2.31. The molecule has 1 aliphatic rings. The Morgan fingerprint density at radius 1 is 0.636 bits per heavy atom. The number of hydrogen-bond acceptors (Lipinski definition) is 1. The molecule has 0 fully saturated rings. The average molecular weight is 285 g/mol. The minimum absolute atomic E-state index is 0.320. The molecule has 0 aromatic heterocycles. The van der Waals surface area contributed by atoms with E-state index in [4.69, 9.17) is 0 Å². The summed E-state index contributed by atoms with van der Waals surface area (Å²) in [5, 5.41) is 2.62. The van der Waals surface area contributed by atoms with Crippen LogP contribution in [0.1, 0.15) is 17.2 Å². The average Bonchev–Trinajstić information content (AvgIpc) is 3.10. The first-order valence-corrected chi connectivity index (χ1v) is 7.84. The number of rotatable bonds is 3. The van der Waals surface area contributed by atoms with Crippen LogP contribution in [-0.4, -0.2) is 18.0 Å². The lowest BCUT2D eigenvalue weighted by Gasteiger charge is -2.28. The zero-order valence-electron chi connectivity index (χ0n) is 12.5. The molecular formula is C21H19N. The summed E-state index contributed by atoms with van der Waals surface area (Å²) in [5.74, 6) is 0. The van der Waals surface area contributed by atoms with E-state index in [2.05, 4.69) is 89.8 Å². The summed E-state index contributed by atoms with van der Waals surface area (Å²) in [7, 11) is 0. The largest absolute Gasteiger partial charge is 0.285 e. The van der Waals surface area contributed by atoms with Gasteiger partial charge in [0.1, 0.15) is 0 Å². The van der Waals surface area contributed by atoms with Crippen molar-refractivity contribution in [3.8, 4) is 0 Å². The molecule has 108 valence electrons. The molecular weight excluding hydrogens is 266 g/mol. The third-order valence-electron chi connectivity index (χ3n) is 4.42. The summed E-state index contributed by atoms with van der Waals surface area (Å²) in [6, 6.07) is 26.6. The van der Waals surface area contributed by atoms with Gasteiger partial charge in [-0.2, -0.15) is 0 Å². The maximum atomic E-state index is 2.51. The van der Waals surface area contributed by atoms with Gasteiger partial charge in [-0.05, 0) is 28.0 Å². The van der Waals surface area contributed by atoms with Gasteiger partial charge in [0, 0.05) is 13.1 Å². The molecule has 0 saturated heterocycles. The summed E-state index contributed by atoms with van der Waals surface area (Å²) in [4.78, 5) is 2.51. The third-order valence-corrected chi connectivity index (χ3v) is 4.42. The number of nitrogens with zero attached hydrogens (tertiary/aromatic N) is 1. The monoisotopic (exact) mass is 285 g/mol. The van der Waals surface area contributed by atoms with Crippen molar-refractivity contribution in [2.75, 3.05) is 13.1 Å². The number of fused-ring (bicyclic) bond motifs is 1. The Morgan fingerprint density at radius 3 is 2.09 bits per heavy atom. The molecule has 1 nitrogen and oxygen atoms in total. The predicted molar refractivity (Wildman–Crippen MR) is 92.9 cm³/mol. The second kappa shape index (κ2) is 5.78. The smallest absolute Gasteiger partial charge is 0.0607 e. The molecule has 3 aromatic carbocycles. The van der Waals surface area contributed by atoms with Crippen molar-refractivity contribution >= 4 is 10.8 Å². The highest BCUT2D eigenvalue weighted by Gasteiger charge is 2.22. The van der Waals surface area contributed by atoms with Crippen LogP contribution in [0, 0.1) is 0 Å². The second-order valence-corrected chi connectivity index (χ2v) is 5.85. The van der Waals surface area contributed by atoms with Crippen LogP contribution in [0.15, 0.2) is 84.9 Å². The third kappa shape index (κ3) is 2.44. The van der Waals surface area contributed by atoms with Crippen LogP contribution < -0.4 is 0 Å². The fourth-order valence-corrected chi connectivity index (χ4v) is 3.33. The molecule has 0 saturated carbocycles. The van der Waals surface area contributed by atoms with Crippen LogP contribution in [0.5, 0.6) is 0 Å². The van der Waals surface area contributed by atoms with E-state index in [1.54, 1.807) is 0 Å². The topological polar surface area (TPSA) is 3.24 Å². The van der Waals surface area contributed by atoms with E-state index in [0.717, 1.165) is 13.1 Å². The van der Waals surface area contributed by atoms with Crippen LogP contribution >= 0.6 is 0 Å². The molecule has 1 aliphatic heterocycles. The molecule has 3 aromatic rings. The summed E-state index contributed by atoms with van der Waals surface area (Å²) < 4.78 is 0. The van der Waals surface area contributed by atoms with Crippen LogP contribution in [0.4, 0.5) is 0 Å². The van der Waals surface area contributed by atoms with Crippen molar-refractivity contribution in [1.82, 2.24) is 4.90 Å². The van der Waals surface area contributed by atoms with Crippen molar-refractivity contribution in [3.63, 3.8) is 0 Å². The Balaban J connectivity index is 1.81. The Kier molecular flexibility index (Phi) is 3.49. The van der Waals surface area contributed by atoms with Gasteiger partial charge in [-0.25, -0.2) is 0 Å². The normalized spacial score (nSPS) is 16.2.